The van der Waals surface area contributed by atoms with Gasteiger partial charge in [0.25, 0.3) is 11.1 Å². The Morgan fingerprint density at radius 2 is 1.68 bits per heavy atom. The Balaban J connectivity index is 1.75. The molecule has 1 aliphatic rings. The Bertz CT molecular complexity index is 1040. The van der Waals surface area contributed by atoms with Gasteiger partial charge in [0.1, 0.15) is 0 Å². The highest BCUT2D eigenvalue weighted by Gasteiger charge is 2.36. The summed E-state index contributed by atoms with van der Waals surface area (Å²) in [6.45, 7) is 0. The fraction of sp³-hybridized carbons (Fsp3) is 0. The normalized spacial score (nSPS) is 16.2. The van der Waals surface area contributed by atoms with Crippen molar-refractivity contribution in [1.29, 1.82) is 0 Å². The van der Waals surface area contributed by atoms with Crippen molar-refractivity contribution < 1.29 is 9.59 Å². The number of fused-ring (bicyclic) bond motifs is 1. The maximum atomic E-state index is 12.7. The molecule has 1 aliphatic heterocycles. The highest BCUT2D eigenvalue weighted by molar-refractivity contribution is 8.19. The summed E-state index contributed by atoms with van der Waals surface area (Å²) >= 11 is 6.92. The molecule has 3 aromatic carbocycles. The van der Waals surface area contributed by atoms with Gasteiger partial charge >= 0.3 is 0 Å². The van der Waals surface area contributed by atoms with Gasteiger partial charge in [-0.2, -0.15) is 0 Å². The molecule has 2 amide bonds. The summed E-state index contributed by atoms with van der Waals surface area (Å²) in [7, 11) is 0. The second-order valence-corrected chi connectivity index (χ2v) is 6.99. The molecule has 3 nitrogen and oxygen atoms in total. The van der Waals surface area contributed by atoms with E-state index >= 15 is 0 Å². The number of rotatable bonds is 2. The van der Waals surface area contributed by atoms with Crippen molar-refractivity contribution in [2.45, 2.75) is 0 Å². The number of imide groups is 1. The smallest absolute Gasteiger partial charge is 0.268 e. The Labute approximate surface area is 153 Å². The number of hydrogen-bond acceptors (Lipinski definition) is 3. The summed E-state index contributed by atoms with van der Waals surface area (Å²) in [4.78, 5) is 26.7. The Morgan fingerprint density at radius 1 is 0.920 bits per heavy atom. The number of nitrogens with zero attached hydrogens (tertiary/aromatic N) is 1. The minimum Gasteiger partial charge on any atom is -0.268 e. The largest absolute Gasteiger partial charge is 0.298 e. The SMILES string of the molecule is O=C1S/C(=C\c2cccc3ccccc23)C(=O)N1c1cccc(Cl)c1. The molecule has 25 heavy (non-hydrogen) atoms. The van der Waals surface area contributed by atoms with Crippen LogP contribution in [0, 0.1) is 0 Å². The third-order valence-corrected chi connectivity index (χ3v) is 5.07. The zero-order chi connectivity index (χ0) is 17.4. The molecule has 1 fully saturated rings. The number of halogens is 1. The van der Waals surface area contributed by atoms with Crippen LogP contribution in [0.1, 0.15) is 5.56 Å². The minimum absolute atomic E-state index is 0.321. The molecule has 0 spiro atoms. The number of benzene rings is 3. The summed E-state index contributed by atoms with van der Waals surface area (Å²) in [5, 5.41) is 2.29. The molecule has 0 atom stereocenters. The highest BCUT2D eigenvalue weighted by Crippen LogP contribution is 2.37. The van der Waals surface area contributed by atoms with E-state index in [1.807, 2.05) is 42.5 Å². The number of amides is 2. The standard InChI is InChI=1S/C20H12ClNO2S/c21-15-8-4-9-16(12-15)22-19(23)18(25-20(22)24)11-14-7-3-6-13-5-1-2-10-17(13)14/h1-12H/b18-11-. The van der Waals surface area contributed by atoms with Crippen LogP contribution in [0.4, 0.5) is 10.5 Å². The first-order chi connectivity index (χ1) is 12.1. The van der Waals surface area contributed by atoms with Crippen LogP contribution in [-0.4, -0.2) is 11.1 Å². The van der Waals surface area contributed by atoms with Gasteiger partial charge in [0.2, 0.25) is 0 Å². The van der Waals surface area contributed by atoms with Crippen LogP contribution in [0.15, 0.2) is 71.6 Å². The van der Waals surface area contributed by atoms with Crippen LogP contribution in [0.5, 0.6) is 0 Å². The second-order valence-electron chi connectivity index (χ2n) is 5.57. The molecular formula is C20H12ClNO2S. The Morgan fingerprint density at radius 3 is 2.52 bits per heavy atom. The first kappa shape index (κ1) is 15.9. The van der Waals surface area contributed by atoms with Crippen LogP contribution >= 0.6 is 23.4 Å². The lowest BCUT2D eigenvalue weighted by molar-refractivity contribution is -0.113. The van der Waals surface area contributed by atoms with Crippen molar-refractivity contribution >= 4 is 57.0 Å². The van der Waals surface area contributed by atoms with E-state index < -0.39 is 0 Å². The molecule has 4 rings (SSSR count). The molecule has 0 aromatic heterocycles. The molecule has 0 aliphatic carbocycles. The molecular weight excluding hydrogens is 354 g/mol. The number of anilines is 1. The summed E-state index contributed by atoms with van der Waals surface area (Å²) in [6, 6.07) is 20.6. The van der Waals surface area contributed by atoms with Gasteiger partial charge in [-0.25, -0.2) is 4.90 Å². The maximum Gasteiger partial charge on any atom is 0.298 e. The molecule has 0 radical (unpaired) electrons. The Kier molecular flexibility index (Phi) is 4.07. The van der Waals surface area contributed by atoms with E-state index in [9.17, 15) is 9.59 Å². The number of hydrogen-bond donors (Lipinski definition) is 0. The number of carbonyl (C=O) groups is 2. The fourth-order valence-electron chi connectivity index (χ4n) is 2.82. The summed E-state index contributed by atoms with van der Waals surface area (Å²) in [6.07, 6.45) is 1.78. The predicted molar refractivity (Wildman–Crippen MR) is 104 cm³/mol. The fourth-order valence-corrected chi connectivity index (χ4v) is 3.84. The van der Waals surface area contributed by atoms with E-state index in [1.54, 1.807) is 30.3 Å². The quantitative estimate of drug-likeness (QED) is 0.544. The lowest BCUT2D eigenvalue weighted by Crippen LogP contribution is -2.27. The Hall–Kier alpha value is -2.56. The van der Waals surface area contributed by atoms with E-state index in [0.29, 0.717) is 15.6 Å². The number of thioether (sulfide) groups is 1. The second kappa shape index (κ2) is 6.39. The van der Waals surface area contributed by atoms with Crippen LogP contribution < -0.4 is 4.90 Å². The molecule has 0 N–H and O–H groups in total. The third-order valence-electron chi connectivity index (χ3n) is 3.97. The number of carbonyl (C=O) groups excluding carboxylic acids is 2. The average molecular weight is 366 g/mol. The first-order valence-corrected chi connectivity index (χ1v) is 8.84. The van der Waals surface area contributed by atoms with Gasteiger partial charge in [0.15, 0.2) is 0 Å². The minimum atomic E-state index is -0.329. The van der Waals surface area contributed by atoms with Crippen molar-refractivity contribution in [3.05, 3.63) is 82.2 Å². The molecule has 0 bridgehead atoms. The van der Waals surface area contributed by atoms with Crippen molar-refractivity contribution in [3.8, 4) is 0 Å². The lowest BCUT2D eigenvalue weighted by atomic mass is 10.0. The van der Waals surface area contributed by atoms with Gasteiger partial charge in [-0.15, -0.1) is 0 Å². The summed E-state index contributed by atoms with van der Waals surface area (Å²) < 4.78 is 0. The average Bonchev–Trinajstić information content (AvgIpc) is 2.89. The van der Waals surface area contributed by atoms with Gasteiger partial charge < -0.3 is 0 Å². The van der Waals surface area contributed by atoms with Gasteiger partial charge in [-0.05, 0) is 52.4 Å². The van der Waals surface area contributed by atoms with Gasteiger partial charge in [0, 0.05) is 5.02 Å². The topological polar surface area (TPSA) is 37.4 Å². The monoisotopic (exact) mass is 365 g/mol. The molecule has 0 unspecified atom stereocenters. The zero-order valence-corrected chi connectivity index (χ0v) is 14.6. The molecule has 1 saturated heterocycles. The first-order valence-electron chi connectivity index (χ1n) is 7.65. The molecule has 1 heterocycles. The van der Waals surface area contributed by atoms with Gasteiger partial charge in [-0.3, -0.25) is 9.59 Å². The third kappa shape index (κ3) is 2.95. The van der Waals surface area contributed by atoms with E-state index in [-0.39, 0.29) is 11.1 Å². The van der Waals surface area contributed by atoms with Crippen LogP contribution in [0.2, 0.25) is 5.02 Å². The van der Waals surface area contributed by atoms with Gasteiger partial charge in [0.05, 0.1) is 10.6 Å². The van der Waals surface area contributed by atoms with E-state index in [0.717, 1.165) is 33.0 Å². The molecule has 0 saturated carbocycles. The summed E-state index contributed by atoms with van der Waals surface area (Å²) in [5.74, 6) is -0.329. The molecule has 5 heteroatoms. The van der Waals surface area contributed by atoms with Crippen molar-refractivity contribution in [2.75, 3.05) is 4.90 Å². The zero-order valence-electron chi connectivity index (χ0n) is 13.0. The highest BCUT2D eigenvalue weighted by atomic mass is 35.5. The lowest BCUT2D eigenvalue weighted by Gasteiger charge is -2.12. The molecule has 122 valence electrons. The molecule has 3 aromatic rings. The summed E-state index contributed by atoms with van der Waals surface area (Å²) in [5.41, 5.74) is 1.39. The van der Waals surface area contributed by atoms with E-state index in [2.05, 4.69) is 0 Å². The van der Waals surface area contributed by atoms with E-state index in [1.165, 1.54) is 0 Å². The van der Waals surface area contributed by atoms with Crippen LogP contribution in [-0.2, 0) is 4.79 Å². The predicted octanol–water partition coefficient (Wildman–Crippen LogP) is 5.73. The van der Waals surface area contributed by atoms with Gasteiger partial charge in [-0.1, -0.05) is 60.1 Å². The van der Waals surface area contributed by atoms with Crippen molar-refractivity contribution in [3.63, 3.8) is 0 Å². The van der Waals surface area contributed by atoms with Crippen LogP contribution in [0.25, 0.3) is 16.8 Å². The maximum absolute atomic E-state index is 12.7. The van der Waals surface area contributed by atoms with E-state index in [4.69, 9.17) is 11.6 Å². The van der Waals surface area contributed by atoms with Crippen molar-refractivity contribution in [1.82, 2.24) is 0 Å². The van der Waals surface area contributed by atoms with Crippen molar-refractivity contribution in [2.24, 2.45) is 0 Å². The van der Waals surface area contributed by atoms with Crippen LogP contribution in [0.3, 0.4) is 0 Å².